The SMILES string of the molecule is Cl[CH2][Ge][Cl]. The average Bonchev–Trinajstić information content (AvgIpc) is 1.37. The van der Waals surface area contributed by atoms with E-state index in [1.165, 1.54) is 0 Å². The summed E-state index contributed by atoms with van der Waals surface area (Å²) in [5, 5.41) is 0. The summed E-state index contributed by atoms with van der Waals surface area (Å²) in [6, 6.07) is 0. The van der Waals surface area contributed by atoms with Crippen molar-refractivity contribution in [3.8, 4) is 0 Å². The Morgan fingerprint density at radius 1 is 1.75 bits per heavy atom. The van der Waals surface area contributed by atoms with E-state index in [0.29, 0.717) is 4.71 Å². The normalized spacial score (nSPS) is 7.50. The van der Waals surface area contributed by atoms with Crippen molar-refractivity contribution in [2.45, 2.75) is 0 Å². The number of hydrogen-bond acceptors (Lipinski definition) is 0. The zero-order chi connectivity index (χ0) is 3.41. The molecule has 0 aromatic carbocycles. The van der Waals surface area contributed by atoms with Gasteiger partial charge in [0, 0.05) is 0 Å². The van der Waals surface area contributed by atoms with Gasteiger partial charge in [0.15, 0.2) is 0 Å². The van der Waals surface area contributed by atoms with Crippen molar-refractivity contribution >= 4 is 36.1 Å². The molecule has 0 saturated heterocycles. The molecule has 0 saturated carbocycles. The van der Waals surface area contributed by atoms with Gasteiger partial charge in [-0.2, -0.15) is 0 Å². The van der Waals surface area contributed by atoms with Crippen LogP contribution in [0.15, 0.2) is 0 Å². The van der Waals surface area contributed by atoms with Gasteiger partial charge in [-0.05, 0) is 0 Å². The van der Waals surface area contributed by atoms with E-state index in [9.17, 15) is 0 Å². The van der Waals surface area contributed by atoms with Gasteiger partial charge in [0.05, 0.1) is 0 Å². The molecule has 24 valence electrons. The van der Waals surface area contributed by atoms with Crippen LogP contribution < -0.4 is 0 Å². The molecule has 0 atom stereocenters. The Morgan fingerprint density at radius 3 is 2.00 bits per heavy atom. The van der Waals surface area contributed by atoms with Crippen LogP contribution in [0.3, 0.4) is 0 Å². The number of rotatable bonds is 1. The summed E-state index contributed by atoms with van der Waals surface area (Å²) in [5.41, 5.74) is 0. The van der Waals surface area contributed by atoms with E-state index >= 15 is 0 Å². The van der Waals surface area contributed by atoms with Crippen molar-refractivity contribution in [3.63, 3.8) is 0 Å². The predicted molar refractivity (Wildman–Crippen MR) is 22.3 cm³/mol. The van der Waals surface area contributed by atoms with Crippen LogP contribution in [0.1, 0.15) is 0 Å². The molecule has 0 spiro atoms. The summed E-state index contributed by atoms with van der Waals surface area (Å²) < 4.78 is 0.682. The number of hydrogen-bond donors (Lipinski definition) is 0. The fourth-order valence-corrected chi connectivity index (χ4v) is 0. The second-order valence-corrected chi connectivity index (χ2v) is 4.17. The van der Waals surface area contributed by atoms with Crippen molar-refractivity contribution < 1.29 is 0 Å². The molecule has 0 aromatic rings. The second kappa shape index (κ2) is 4.12. The second-order valence-electron chi connectivity index (χ2n) is 0.267. The van der Waals surface area contributed by atoms with Gasteiger partial charge in [-0.15, -0.1) is 0 Å². The van der Waals surface area contributed by atoms with Crippen LogP contribution in [0.25, 0.3) is 0 Å². The van der Waals surface area contributed by atoms with Crippen molar-refractivity contribution in [2.24, 2.45) is 0 Å². The third-order valence-corrected chi connectivity index (χ3v) is 2.36. The van der Waals surface area contributed by atoms with E-state index in [0.717, 1.165) is 0 Å². The fourth-order valence-electron chi connectivity index (χ4n) is 0. The van der Waals surface area contributed by atoms with Crippen molar-refractivity contribution in [3.05, 3.63) is 0 Å². The van der Waals surface area contributed by atoms with Gasteiger partial charge in [0.25, 0.3) is 0 Å². The molecule has 0 fully saturated rings. The Bertz CT molecular complexity index is 8.00. The molecule has 0 aliphatic heterocycles. The van der Waals surface area contributed by atoms with Crippen LogP contribution >= 0.6 is 21.6 Å². The van der Waals surface area contributed by atoms with Gasteiger partial charge in [-0.25, -0.2) is 0 Å². The molecule has 2 radical (unpaired) electrons. The van der Waals surface area contributed by atoms with Crippen molar-refractivity contribution in [1.29, 1.82) is 0 Å². The topological polar surface area (TPSA) is 0 Å². The molecule has 0 aliphatic carbocycles. The van der Waals surface area contributed by atoms with Crippen LogP contribution in [-0.2, 0) is 0 Å². The minimum atomic E-state index is -0.248. The Labute approximate surface area is 41.1 Å². The van der Waals surface area contributed by atoms with Crippen LogP contribution in [0.4, 0.5) is 0 Å². The summed E-state index contributed by atoms with van der Waals surface area (Å²) >= 11 is 4.86. The summed E-state index contributed by atoms with van der Waals surface area (Å²) in [4.78, 5) is 0. The van der Waals surface area contributed by atoms with Gasteiger partial charge in [0.1, 0.15) is 0 Å². The monoisotopic (exact) mass is 158 g/mol. The number of alkyl halides is 1. The van der Waals surface area contributed by atoms with Crippen molar-refractivity contribution in [2.75, 3.05) is 4.71 Å². The maximum atomic E-state index is 5.18. The third-order valence-electron chi connectivity index (χ3n) is 0.0505. The molecular formula is CH2Cl2Ge. The molecule has 0 rings (SSSR count). The molecule has 0 unspecified atom stereocenters. The molecule has 3 heteroatoms. The fraction of sp³-hybridized carbons (Fsp3) is 1.00. The van der Waals surface area contributed by atoms with Gasteiger partial charge in [-0.1, -0.05) is 0 Å². The maximum absolute atomic E-state index is 5.18. The van der Waals surface area contributed by atoms with Gasteiger partial charge in [0.2, 0.25) is 0 Å². The van der Waals surface area contributed by atoms with Crippen LogP contribution in [0.2, 0.25) is 0 Å². The summed E-state index contributed by atoms with van der Waals surface area (Å²) in [5.74, 6) is 0. The van der Waals surface area contributed by atoms with E-state index in [4.69, 9.17) is 21.6 Å². The van der Waals surface area contributed by atoms with Crippen molar-refractivity contribution in [1.82, 2.24) is 0 Å². The molecule has 0 heterocycles. The van der Waals surface area contributed by atoms with Crippen LogP contribution in [0.5, 0.6) is 0 Å². The van der Waals surface area contributed by atoms with E-state index in [1.807, 2.05) is 0 Å². The summed E-state index contributed by atoms with van der Waals surface area (Å²) in [7, 11) is 5.18. The Balaban J connectivity index is 1.97. The average molecular weight is 158 g/mol. The van der Waals surface area contributed by atoms with E-state index in [2.05, 4.69) is 0 Å². The zero-order valence-corrected chi connectivity index (χ0v) is 5.57. The van der Waals surface area contributed by atoms with E-state index in [-0.39, 0.29) is 14.5 Å². The molecule has 0 aliphatic rings. The molecule has 0 aromatic heterocycles. The van der Waals surface area contributed by atoms with E-state index < -0.39 is 0 Å². The third kappa shape index (κ3) is 3.12. The first kappa shape index (κ1) is 5.12. The first-order valence-corrected chi connectivity index (χ1v) is 5.58. The standard InChI is InChI=1S/CH2Cl2Ge/c2-1-4-3/h1H2. The first-order chi connectivity index (χ1) is 1.91. The Kier molecular flexibility index (Phi) is 5.28. The zero-order valence-electron chi connectivity index (χ0n) is 1.96. The molecular weight excluding hydrogens is 156 g/mol. The molecule has 0 N–H and O–H groups in total. The Hall–Kier alpha value is 1.12. The quantitative estimate of drug-likeness (QED) is 0.394. The van der Waals surface area contributed by atoms with Gasteiger partial charge in [-0.3, -0.25) is 0 Å². The summed E-state index contributed by atoms with van der Waals surface area (Å²) in [6.45, 7) is 0. The number of halogens is 2. The van der Waals surface area contributed by atoms with Gasteiger partial charge < -0.3 is 0 Å². The van der Waals surface area contributed by atoms with E-state index in [1.54, 1.807) is 0 Å². The molecule has 0 bridgehead atoms. The molecule has 0 amide bonds. The van der Waals surface area contributed by atoms with Crippen LogP contribution in [0, 0.1) is 0 Å². The van der Waals surface area contributed by atoms with Crippen LogP contribution in [-0.4, -0.2) is 19.2 Å². The predicted octanol–water partition coefficient (Wildman–Crippen LogP) is 1.04. The Morgan fingerprint density at radius 2 is 2.00 bits per heavy atom. The molecule has 0 nitrogen and oxygen atoms in total. The summed E-state index contributed by atoms with van der Waals surface area (Å²) in [6.07, 6.45) is 0. The van der Waals surface area contributed by atoms with Gasteiger partial charge >= 0.3 is 40.8 Å². The molecule has 4 heavy (non-hydrogen) atoms. The minimum absolute atomic E-state index is 0.248. The first-order valence-electron chi connectivity index (χ1n) is 0.810.